The highest BCUT2D eigenvalue weighted by molar-refractivity contribution is 5.82. The first-order valence-electron chi connectivity index (χ1n) is 5.48. The Kier molecular flexibility index (Phi) is 3.15. The molecule has 0 aliphatic rings. The fraction of sp³-hybridized carbons (Fsp3) is 0.231. The summed E-state index contributed by atoms with van der Waals surface area (Å²) in [5.41, 5.74) is 2.01. The van der Waals surface area contributed by atoms with Gasteiger partial charge in [-0.3, -0.25) is 9.98 Å². The lowest BCUT2D eigenvalue weighted by Crippen LogP contribution is -2.06. The van der Waals surface area contributed by atoms with Crippen LogP contribution in [0.2, 0.25) is 0 Å². The Bertz CT molecular complexity index is 471. The number of hydrogen-bond acceptors (Lipinski definition) is 2. The molecule has 0 saturated carbocycles. The maximum absolute atomic E-state index is 7.83. The molecule has 2 rings (SSSR count). The smallest absolute Gasteiger partial charge is 0.105 e. The van der Waals surface area contributed by atoms with Crippen LogP contribution in [-0.2, 0) is 0 Å². The third-order valence-electron chi connectivity index (χ3n) is 2.45. The van der Waals surface area contributed by atoms with Gasteiger partial charge >= 0.3 is 0 Å². The van der Waals surface area contributed by atoms with Crippen molar-refractivity contribution in [1.82, 2.24) is 9.55 Å². The van der Waals surface area contributed by atoms with Crippen molar-refractivity contribution in [1.29, 1.82) is 5.41 Å². The van der Waals surface area contributed by atoms with Gasteiger partial charge in [-0.15, -0.1) is 0 Å². The summed E-state index contributed by atoms with van der Waals surface area (Å²) in [6, 6.07) is 10.0. The van der Waals surface area contributed by atoms with Gasteiger partial charge < -0.3 is 0 Å². The number of imidazole rings is 1. The number of nitrogens with one attached hydrogen (secondary N) is 1. The fourth-order valence-corrected chi connectivity index (χ4v) is 1.59. The van der Waals surface area contributed by atoms with Crippen LogP contribution in [0.25, 0.3) is 11.3 Å². The van der Waals surface area contributed by atoms with Crippen LogP contribution in [0.5, 0.6) is 0 Å². The minimum absolute atomic E-state index is 0.595. The SMILES string of the molecule is CCCC(=N)n1cnc(-c2ccccc2)c1. The normalized spacial score (nSPS) is 10.3. The quantitative estimate of drug-likeness (QED) is 0.617. The van der Waals surface area contributed by atoms with Crippen LogP contribution >= 0.6 is 0 Å². The molecule has 0 fully saturated rings. The van der Waals surface area contributed by atoms with E-state index in [9.17, 15) is 0 Å². The number of rotatable bonds is 3. The Morgan fingerprint density at radius 1 is 1.31 bits per heavy atom. The molecule has 0 radical (unpaired) electrons. The molecule has 82 valence electrons. The second-order valence-electron chi connectivity index (χ2n) is 3.73. The summed E-state index contributed by atoms with van der Waals surface area (Å²) < 4.78 is 1.78. The zero-order chi connectivity index (χ0) is 11.4. The van der Waals surface area contributed by atoms with Crippen molar-refractivity contribution < 1.29 is 0 Å². The third kappa shape index (κ3) is 2.19. The maximum Gasteiger partial charge on any atom is 0.105 e. The van der Waals surface area contributed by atoms with Crippen LogP contribution in [0.1, 0.15) is 19.8 Å². The molecule has 0 spiro atoms. The summed E-state index contributed by atoms with van der Waals surface area (Å²) >= 11 is 0. The number of hydrogen-bond donors (Lipinski definition) is 1. The van der Waals surface area contributed by atoms with E-state index >= 15 is 0 Å². The van der Waals surface area contributed by atoms with E-state index in [2.05, 4.69) is 11.9 Å². The average Bonchev–Trinajstić information content (AvgIpc) is 2.80. The maximum atomic E-state index is 7.83. The van der Waals surface area contributed by atoms with Crippen molar-refractivity contribution in [2.24, 2.45) is 0 Å². The first-order chi connectivity index (χ1) is 7.81. The highest BCUT2D eigenvalue weighted by Crippen LogP contribution is 2.16. The molecule has 1 N–H and O–H groups in total. The van der Waals surface area contributed by atoms with Crippen molar-refractivity contribution in [3.05, 3.63) is 42.9 Å². The molecule has 1 heterocycles. The van der Waals surface area contributed by atoms with E-state index in [4.69, 9.17) is 5.41 Å². The van der Waals surface area contributed by atoms with Crippen LogP contribution in [0.4, 0.5) is 0 Å². The molecule has 0 amide bonds. The van der Waals surface area contributed by atoms with E-state index in [1.165, 1.54) is 0 Å². The minimum Gasteiger partial charge on any atom is -0.294 e. The molecule has 1 aromatic heterocycles. The van der Waals surface area contributed by atoms with E-state index in [1.807, 2.05) is 36.5 Å². The van der Waals surface area contributed by atoms with Crippen LogP contribution in [0.3, 0.4) is 0 Å². The van der Waals surface area contributed by atoms with E-state index in [0.29, 0.717) is 5.84 Å². The van der Waals surface area contributed by atoms with Crippen LogP contribution in [-0.4, -0.2) is 15.4 Å². The Balaban J connectivity index is 2.23. The van der Waals surface area contributed by atoms with E-state index in [-0.39, 0.29) is 0 Å². The van der Waals surface area contributed by atoms with Gasteiger partial charge in [-0.2, -0.15) is 0 Å². The van der Waals surface area contributed by atoms with Crippen molar-refractivity contribution in [2.75, 3.05) is 0 Å². The molecule has 3 nitrogen and oxygen atoms in total. The molecule has 0 atom stereocenters. The summed E-state index contributed by atoms with van der Waals surface area (Å²) in [7, 11) is 0. The van der Waals surface area contributed by atoms with Crippen LogP contribution in [0, 0.1) is 5.41 Å². The first kappa shape index (κ1) is 10.6. The van der Waals surface area contributed by atoms with Crippen LogP contribution in [0.15, 0.2) is 42.9 Å². The van der Waals surface area contributed by atoms with Gasteiger partial charge in [-0.1, -0.05) is 37.3 Å². The molecule has 1 aromatic carbocycles. The van der Waals surface area contributed by atoms with Gasteiger partial charge in [-0.25, -0.2) is 4.98 Å². The van der Waals surface area contributed by atoms with Gasteiger partial charge in [0, 0.05) is 18.2 Å². The monoisotopic (exact) mass is 213 g/mol. The molecule has 0 unspecified atom stereocenters. The number of benzene rings is 1. The summed E-state index contributed by atoms with van der Waals surface area (Å²) in [5, 5.41) is 7.83. The molecule has 0 aliphatic heterocycles. The summed E-state index contributed by atoms with van der Waals surface area (Å²) in [4.78, 5) is 4.31. The van der Waals surface area contributed by atoms with Crippen molar-refractivity contribution in [3.8, 4) is 11.3 Å². The molecule has 0 bridgehead atoms. The third-order valence-corrected chi connectivity index (χ3v) is 2.45. The molecule has 16 heavy (non-hydrogen) atoms. The Labute approximate surface area is 95.3 Å². The minimum atomic E-state index is 0.595. The van der Waals surface area contributed by atoms with Crippen molar-refractivity contribution in [3.63, 3.8) is 0 Å². The Morgan fingerprint density at radius 2 is 2.06 bits per heavy atom. The summed E-state index contributed by atoms with van der Waals surface area (Å²) in [5.74, 6) is 0.595. The zero-order valence-corrected chi connectivity index (χ0v) is 9.35. The number of nitrogens with zero attached hydrogens (tertiary/aromatic N) is 2. The Hall–Kier alpha value is -1.90. The fourth-order valence-electron chi connectivity index (χ4n) is 1.59. The van der Waals surface area contributed by atoms with Crippen molar-refractivity contribution in [2.45, 2.75) is 19.8 Å². The molecule has 2 aromatic rings. The first-order valence-corrected chi connectivity index (χ1v) is 5.48. The van der Waals surface area contributed by atoms with Gasteiger partial charge in [-0.05, 0) is 6.42 Å². The second-order valence-corrected chi connectivity index (χ2v) is 3.73. The second kappa shape index (κ2) is 4.75. The molecular formula is C13H15N3. The largest absolute Gasteiger partial charge is 0.294 e. The van der Waals surface area contributed by atoms with E-state index in [1.54, 1.807) is 10.9 Å². The van der Waals surface area contributed by atoms with Crippen molar-refractivity contribution >= 4 is 5.84 Å². The van der Waals surface area contributed by atoms with Gasteiger partial charge in [0.2, 0.25) is 0 Å². The van der Waals surface area contributed by atoms with E-state index in [0.717, 1.165) is 24.1 Å². The predicted octanol–water partition coefficient (Wildman–Crippen LogP) is 3.18. The molecule has 3 heteroatoms. The van der Waals surface area contributed by atoms with Gasteiger partial charge in [0.15, 0.2) is 0 Å². The van der Waals surface area contributed by atoms with E-state index < -0.39 is 0 Å². The molecule has 0 saturated heterocycles. The topological polar surface area (TPSA) is 41.7 Å². The predicted molar refractivity (Wildman–Crippen MR) is 65.7 cm³/mol. The highest BCUT2D eigenvalue weighted by Gasteiger charge is 2.03. The molecule has 0 aliphatic carbocycles. The van der Waals surface area contributed by atoms with Gasteiger partial charge in [0.1, 0.15) is 12.2 Å². The molecular weight excluding hydrogens is 198 g/mol. The van der Waals surface area contributed by atoms with Crippen LogP contribution < -0.4 is 0 Å². The zero-order valence-electron chi connectivity index (χ0n) is 9.35. The lowest BCUT2D eigenvalue weighted by molar-refractivity contribution is 0.927. The van der Waals surface area contributed by atoms with Gasteiger partial charge in [0.05, 0.1) is 5.69 Å². The standard InChI is InChI=1S/C13H15N3/c1-2-6-13(14)16-9-12(15-10-16)11-7-4-3-5-8-11/h3-5,7-10,14H,2,6H2,1H3. The average molecular weight is 213 g/mol. The summed E-state index contributed by atoms with van der Waals surface area (Å²) in [6.45, 7) is 2.07. The van der Waals surface area contributed by atoms with Gasteiger partial charge in [0.25, 0.3) is 0 Å². The number of aromatic nitrogens is 2. The summed E-state index contributed by atoms with van der Waals surface area (Å²) in [6.07, 6.45) is 5.38. The lowest BCUT2D eigenvalue weighted by atomic mass is 10.2. The Morgan fingerprint density at radius 3 is 2.75 bits per heavy atom. The lowest BCUT2D eigenvalue weighted by Gasteiger charge is -2.00. The highest BCUT2D eigenvalue weighted by atomic mass is 15.1.